The molecule has 2 aliphatic heterocycles. The summed E-state index contributed by atoms with van der Waals surface area (Å²) in [5.74, 6) is 1.29. The summed E-state index contributed by atoms with van der Waals surface area (Å²) >= 11 is 0. The van der Waals surface area contributed by atoms with Crippen molar-refractivity contribution in [3.63, 3.8) is 0 Å². The van der Waals surface area contributed by atoms with Crippen molar-refractivity contribution < 1.29 is 9.53 Å². The summed E-state index contributed by atoms with van der Waals surface area (Å²) in [5.41, 5.74) is 4.73. The third-order valence-corrected chi connectivity index (χ3v) is 7.24. The molecule has 0 unspecified atom stereocenters. The number of anilines is 4. The number of amides is 1. The molecule has 2 aliphatic rings. The molecule has 2 aromatic carbocycles. The summed E-state index contributed by atoms with van der Waals surface area (Å²) in [4.78, 5) is 26.2. The van der Waals surface area contributed by atoms with E-state index < -0.39 is 0 Å². The van der Waals surface area contributed by atoms with Crippen LogP contribution >= 0.6 is 0 Å². The van der Waals surface area contributed by atoms with Crippen LogP contribution in [-0.4, -0.2) is 67.2 Å². The van der Waals surface area contributed by atoms with Crippen LogP contribution in [0, 0.1) is 5.92 Å². The zero-order chi connectivity index (χ0) is 25.5. The molecule has 2 saturated heterocycles. The summed E-state index contributed by atoms with van der Waals surface area (Å²) in [6.45, 7) is 5.64. The van der Waals surface area contributed by atoms with Gasteiger partial charge in [-0.25, -0.2) is 9.97 Å². The first kappa shape index (κ1) is 25.2. The minimum Gasteiger partial charge on any atom is -0.378 e. The van der Waals surface area contributed by atoms with Crippen LogP contribution in [0.5, 0.6) is 0 Å². The van der Waals surface area contributed by atoms with Crippen molar-refractivity contribution in [2.24, 2.45) is 5.92 Å². The van der Waals surface area contributed by atoms with Gasteiger partial charge in [0.1, 0.15) is 0 Å². The number of benzene rings is 2. The van der Waals surface area contributed by atoms with Crippen molar-refractivity contribution in [2.75, 3.05) is 62.0 Å². The van der Waals surface area contributed by atoms with Gasteiger partial charge in [0, 0.05) is 48.3 Å². The van der Waals surface area contributed by atoms with Crippen molar-refractivity contribution in [3.8, 4) is 11.3 Å². The highest BCUT2D eigenvalue weighted by atomic mass is 16.5. The van der Waals surface area contributed by atoms with Crippen molar-refractivity contribution in [1.82, 2.24) is 14.9 Å². The van der Waals surface area contributed by atoms with Crippen LogP contribution in [0.15, 0.2) is 60.8 Å². The number of hydrogen-bond acceptors (Lipinski definition) is 7. The number of piperidine rings is 1. The van der Waals surface area contributed by atoms with Gasteiger partial charge in [-0.1, -0.05) is 12.1 Å². The lowest BCUT2D eigenvalue weighted by atomic mass is 9.92. The highest BCUT2D eigenvalue weighted by molar-refractivity contribution is 5.90. The van der Waals surface area contributed by atoms with E-state index in [9.17, 15) is 4.79 Å². The zero-order valence-corrected chi connectivity index (χ0v) is 21.5. The first-order valence-electron chi connectivity index (χ1n) is 13.2. The predicted octanol–water partition coefficient (Wildman–Crippen LogP) is 4.78. The Morgan fingerprint density at radius 3 is 2.38 bits per heavy atom. The maximum atomic E-state index is 12.4. The smallest absolute Gasteiger partial charge is 0.227 e. The molecule has 8 heteroatoms. The molecule has 0 aliphatic carbocycles. The summed E-state index contributed by atoms with van der Waals surface area (Å²) in [6.07, 6.45) is 5.67. The van der Waals surface area contributed by atoms with Gasteiger partial charge in [0.2, 0.25) is 11.9 Å². The minimum atomic E-state index is 0.0832. The maximum absolute atomic E-state index is 12.4. The third-order valence-electron chi connectivity index (χ3n) is 7.24. The van der Waals surface area contributed by atoms with Gasteiger partial charge in [0.25, 0.3) is 0 Å². The fraction of sp³-hybridized carbons (Fsp3) is 0.414. The van der Waals surface area contributed by atoms with Crippen molar-refractivity contribution in [1.29, 1.82) is 0 Å². The topological polar surface area (TPSA) is 82.6 Å². The number of carbonyl (C=O) groups is 1. The summed E-state index contributed by atoms with van der Waals surface area (Å²) < 4.78 is 5.44. The number of carbonyl (C=O) groups excluding carboxylic acids is 1. The van der Waals surface area contributed by atoms with E-state index in [-0.39, 0.29) is 5.91 Å². The molecular weight excluding hydrogens is 464 g/mol. The molecule has 0 bridgehead atoms. The molecule has 3 heterocycles. The Kier molecular flexibility index (Phi) is 8.28. The predicted molar refractivity (Wildman–Crippen MR) is 148 cm³/mol. The van der Waals surface area contributed by atoms with Gasteiger partial charge >= 0.3 is 0 Å². The number of nitrogens with one attached hydrogen (secondary N) is 2. The van der Waals surface area contributed by atoms with Gasteiger partial charge in [0.15, 0.2) is 0 Å². The van der Waals surface area contributed by atoms with Crippen LogP contribution in [0.3, 0.4) is 0 Å². The van der Waals surface area contributed by atoms with Crippen LogP contribution in [0.2, 0.25) is 0 Å². The molecule has 3 aromatic rings. The Balaban J connectivity index is 1.14. The van der Waals surface area contributed by atoms with E-state index in [2.05, 4.69) is 49.6 Å². The van der Waals surface area contributed by atoms with Crippen molar-refractivity contribution in [2.45, 2.75) is 25.7 Å². The lowest BCUT2D eigenvalue weighted by molar-refractivity contribution is -0.116. The Hall–Kier alpha value is -3.49. The SMILES string of the molecule is CN1CCC(CCC(=O)Nc2ccc(-c3ccnc(Nc4ccc(N5CCOCC5)cc4)n3)cc2)CC1. The largest absolute Gasteiger partial charge is 0.378 e. The number of rotatable bonds is 8. The van der Waals surface area contributed by atoms with E-state index in [0.29, 0.717) is 18.3 Å². The molecule has 5 rings (SSSR count). The normalized spacial score (nSPS) is 16.9. The number of nitrogens with zero attached hydrogens (tertiary/aromatic N) is 4. The average molecular weight is 501 g/mol. The molecule has 194 valence electrons. The summed E-state index contributed by atoms with van der Waals surface area (Å²) in [7, 11) is 2.16. The molecule has 0 saturated carbocycles. The zero-order valence-electron chi connectivity index (χ0n) is 21.5. The van der Waals surface area contributed by atoms with Crippen molar-refractivity contribution in [3.05, 3.63) is 60.8 Å². The van der Waals surface area contributed by atoms with Gasteiger partial charge < -0.3 is 25.2 Å². The molecule has 8 nitrogen and oxygen atoms in total. The van der Waals surface area contributed by atoms with Gasteiger partial charge in [0.05, 0.1) is 18.9 Å². The lowest BCUT2D eigenvalue weighted by Crippen LogP contribution is -2.36. The summed E-state index contributed by atoms with van der Waals surface area (Å²) in [5, 5.41) is 6.34. The van der Waals surface area contributed by atoms with E-state index in [1.165, 1.54) is 18.5 Å². The number of aromatic nitrogens is 2. The average Bonchev–Trinajstić information content (AvgIpc) is 2.94. The van der Waals surface area contributed by atoms with E-state index in [0.717, 1.165) is 68.4 Å². The number of morpholine rings is 1. The quantitative estimate of drug-likeness (QED) is 0.460. The Morgan fingerprint density at radius 2 is 1.65 bits per heavy atom. The van der Waals surface area contributed by atoms with Crippen LogP contribution in [-0.2, 0) is 9.53 Å². The van der Waals surface area contributed by atoms with Crippen LogP contribution in [0.1, 0.15) is 25.7 Å². The molecule has 37 heavy (non-hydrogen) atoms. The minimum absolute atomic E-state index is 0.0832. The van der Waals surface area contributed by atoms with Crippen LogP contribution in [0.4, 0.5) is 23.0 Å². The second-order valence-electron chi connectivity index (χ2n) is 9.95. The van der Waals surface area contributed by atoms with Crippen LogP contribution in [0.25, 0.3) is 11.3 Å². The van der Waals surface area contributed by atoms with Gasteiger partial charge in [-0.05, 0) is 87.8 Å². The van der Waals surface area contributed by atoms with Gasteiger partial charge in [-0.2, -0.15) is 0 Å². The second kappa shape index (κ2) is 12.2. The molecule has 2 fully saturated rings. The Morgan fingerprint density at radius 1 is 0.946 bits per heavy atom. The Labute approximate surface area is 219 Å². The molecule has 1 amide bonds. The first-order chi connectivity index (χ1) is 18.1. The molecule has 0 radical (unpaired) electrons. The number of likely N-dealkylation sites (tertiary alicyclic amines) is 1. The number of ether oxygens (including phenoxy) is 1. The highest BCUT2D eigenvalue weighted by Gasteiger charge is 2.17. The molecular formula is C29H36N6O2. The lowest BCUT2D eigenvalue weighted by Gasteiger charge is -2.28. The monoisotopic (exact) mass is 500 g/mol. The van der Waals surface area contributed by atoms with E-state index in [1.54, 1.807) is 6.20 Å². The fourth-order valence-electron chi connectivity index (χ4n) is 4.92. The Bertz CT molecular complexity index is 1150. The standard InChI is InChI=1S/C29H36N6O2/c1-34-16-13-22(14-17-34)2-11-28(36)31-24-5-3-23(4-6-24)27-12-15-30-29(33-27)32-25-7-9-26(10-8-25)35-18-20-37-21-19-35/h3-10,12,15,22H,2,11,13-14,16-21H2,1H3,(H,31,36)(H,30,32,33). The maximum Gasteiger partial charge on any atom is 0.227 e. The molecule has 0 spiro atoms. The molecule has 2 N–H and O–H groups in total. The molecule has 1 aromatic heterocycles. The highest BCUT2D eigenvalue weighted by Crippen LogP contribution is 2.24. The van der Waals surface area contributed by atoms with E-state index >= 15 is 0 Å². The van der Waals surface area contributed by atoms with Gasteiger partial charge in [-0.15, -0.1) is 0 Å². The molecule has 0 atom stereocenters. The number of hydrogen-bond donors (Lipinski definition) is 2. The summed E-state index contributed by atoms with van der Waals surface area (Å²) in [6, 6.07) is 18.0. The van der Waals surface area contributed by atoms with Crippen LogP contribution < -0.4 is 15.5 Å². The second-order valence-corrected chi connectivity index (χ2v) is 9.95. The van der Waals surface area contributed by atoms with E-state index in [4.69, 9.17) is 4.74 Å². The van der Waals surface area contributed by atoms with E-state index in [1.807, 2.05) is 42.5 Å². The third kappa shape index (κ3) is 7.05. The van der Waals surface area contributed by atoms with Gasteiger partial charge in [-0.3, -0.25) is 4.79 Å². The fourth-order valence-corrected chi connectivity index (χ4v) is 4.92. The first-order valence-corrected chi connectivity index (χ1v) is 13.2. The van der Waals surface area contributed by atoms with Crippen molar-refractivity contribution >= 4 is 28.9 Å².